The number of aryl methyl sites for hydroxylation is 1. The summed E-state index contributed by atoms with van der Waals surface area (Å²) in [7, 11) is 0. The normalized spacial score (nSPS) is 24.1. The van der Waals surface area contributed by atoms with Crippen LogP contribution in [-0.2, 0) is 17.6 Å². The molecule has 1 aromatic rings. The highest BCUT2D eigenvalue weighted by molar-refractivity contribution is 5.47. The summed E-state index contributed by atoms with van der Waals surface area (Å²) in [6.45, 7) is 1.67. The van der Waals surface area contributed by atoms with E-state index in [1.165, 1.54) is 30.5 Å². The first-order valence-electron chi connectivity index (χ1n) is 6.60. The van der Waals surface area contributed by atoms with E-state index in [9.17, 15) is 0 Å². The van der Waals surface area contributed by atoms with E-state index >= 15 is 0 Å². The van der Waals surface area contributed by atoms with E-state index in [0.717, 1.165) is 38.3 Å². The standard InChI is InChI=1S/C13H19N3O/c1-2-4-11-12(5-3-1)14-9-15-13(11)16-10-6-7-17-8-10/h9-10H,1-8H2,(H,14,15,16). The number of aromatic nitrogens is 2. The van der Waals surface area contributed by atoms with Gasteiger partial charge in [0.15, 0.2) is 0 Å². The van der Waals surface area contributed by atoms with Crippen LogP contribution >= 0.6 is 0 Å². The van der Waals surface area contributed by atoms with Gasteiger partial charge < -0.3 is 10.1 Å². The smallest absolute Gasteiger partial charge is 0.133 e. The second-order valence-corrected chi connectivity index (χ2v) is 4.91. The highest BCUT2D eigenvalue weighted by atomic mass is 16.5. The number of ether oxygens (including phenoxy) is 1. The summed E-state index contributed by atoms with van der Waals surface area (Å²) in [5.41, 5.74) is 2.59. The quantitative estimate of drug-likeness (QED) is 0.793. The van der Waals surface area contributed by atoms with E-state index < -0.39 is 0 Å². The van der Waals surface area contributed by atoms with Crippen LogP contribution in [0.4, 0.5) is 5.82 Å². The molecular formula is C13H19N3O. The van der Waals surface area contributed by atoms with E-state index in [1.54, 1.807) is 6.33 Å². The van der Waals surface area contributed by atoms with Crippen molar-refractivity contribution in [2.24, 2.45) is 0 Å². The summed E-state index contributed by atoms with van der Waals surface area (Å²) >= 11 is 0. The maximum absolute atomic E-state index is 5.39. The maximum atomic E-state index is 5.39. The molecule has 17 heavy (non-hydrogen) atoms. The third-order valence-corrected chi connectivity index (χ3v) is 3.65. The molecule has 1 N–H and O–H groups in total. The summed E-state index contributed by atoms with van der Waals surface area (Å²) in [5, 5.41) is 3.52. The van der Waals surface area contributed by atoms with Crippen LogP contribution in [0.1, 0.15) is 36.9 Å². The number of rotatable bonds is 2. The molecule has 3 rings (SSSR count). The molecule has 0 spiro atoms. The Morgan fingerprint density at radius 2 is 2.12 bits per heavy atom. The molecule has 1 aliphatic carbocycles. The van der Waals surface area contributed by atoms with Crippen molar-refractivity contribution >= 4 is 5.82 Å². The van der Waals surface area contributed by atoms with Crippen LogP contribution in [0, 0.1) is 0 Å². The van der Waals surface area contributed by atoms with Gasteiger partial charge in [-0.2, -0.15) is 0 Å². The van der Waals surface area contributed by atoms with Crippen LogP contribution in [-0.4, -0.2) is 29.2 Å². The Kier molecular flexibility index (Phi) is 3.22. The molecule has 0 saturated carbocycles. The molecule has 1 fully saturated rings. The van der Waals surface area contributed by atoms with Gasteiger partial charge in [0, 0.05) is 17.9 Å². The molecule has 2 heterocycles. The number of nitrogens with one attached hydrogen (secondary N) is 1. The van der Waals surface area contributed by atoms with Crippen molar-refractivity contribution in [3.8, 4) is 0 Å². The zero-order valence-corrected chi connectivity index (χ0v) is 10.1. The van der Waals surface area contributed by atoms with E-state index in [4.69, 9.17) is 4.74 Å². The topological polar surface area (TPSA) is 47.0 Å². The number of nitrogens with zero attached hydrogens (tertiary/aromatic N) is 2. The van der Waals surface area contributed by atoms with Gasteiger partial charge in [0.05, 0.1) is 12.6 Å². The van der Waals surface area contributed by atoms with Gasteiger partial charge in [0.2, 0.25) is 0 Å². The number of anilines is 1. The Labute approximate surface area is 102 Å². The largest absolute Gasteiger partial charge is 0.379 e. The molecule has 1 saturated heterocycles. The van der Waals surface area contributed by atoms with Gasteiger partial charge in [-0.1, -0.05) is 6.42 Å². The minimum Gasteiger partial charge on any atom is -0.379 e. The number of hydrogen-bond acceptors (Lipinski definition) is 4. The third-order valence-electron chi connectivity index (χ3n) is 3.65. The summed E-state index contributed by atoms with van der Waals surface area (Å²) in [6.07, 6.45) is 8.83. The lowest BCUT2D eigenvalue weighted by Crippen LogP contribution is -2.21. The summed E-state index contributed by atoms with van der Waals surface area (Å²) in [5.74, 6) is 1.05. The fourth-order valence-electron chi connectivity index (χ4n) is 2.66. The minimum atomic E-state index is 0.428. The molecule has 0 amide bonds. The first-order valence-corrected chi connectivity index (χ1v) is 6.60. The fourth-order valence-corrected chi connectivity index (χ4v) is 2.66. The van der Waals surface area contributed by atoms with Crippen molar-refractivity contribution in [2.75, 3.05) is 18.5 Å². The second-order valence-electron chi connectivity index (χ2n) is 4.91. The molecule has 0 radical (unpaired) electrons. The average Bonchev–Trinajstić information content (AvgIpc) is 2.73. The van der Waals surface area contributed by atoms with Crippen molar-refractivity contribution in [3.05, 3.63) is 17.6 Å². The molecule has 2 aliphatic rings. The fraction of sp³-hybridized carbons (Fsp3) is 0.692. The highest BCUT2D eigenvalue weighted by Crippen LogP contribution is 2.25. The van der Waals surface area contributed by atoms with Crippen LogP contribution in [0.2, 0.25) is 0 Å². The molecule has 4 nitrogen and oxygen atoms in total. The van der Waals surface area contributed by atoms with Crippen molar-refractivity contribution in [1.82, 2.24) is 9.97 Å². The van der Waals surface area contributed by atoms with Crippen molar-refractivity contribution < 1.29 is 4.74 Å². The molecule has 1 unspecified atom stereocenters. The van der Waals surface area contributed by atoms with Gasteiger partial charge in [0.25, 0.3) is 0 Å². The van der Waals surface area contributed by atoms with Crippen molar-refractivity contribution in [1.29, 1.82) is 0 Å². The Morgan fingerprint density at radius 1 is 1.18 bits per heavy atom. The molecule has 0 aromatic carbocycles. The maximum Gasteiger partial charge on any atom is 0.133 e. The van der Waals surface area contributed by atoms with E-state index in [2.05, 4.69) is 15.3 Å². The van der Waals surface area contributed by atoms with Gasteiger partial charge in [-0.15, -0.1) is 0 Å². The average molecular weight is 233 g/mol. The van der Waals surface area contributed by atoms with Crippen molar-refractivity contribution in [2.45, 2.75) is 44.6 Å². The summed E-state index contributed by atoms with van der Waals surface area (Å²) < 4.78 is 5.39. The Bertz CT molecular complexity index is 388. The first-order chi connectivity index (χ1) is 8.43. The predicted octanol–water partition coefficient (Wildman–Crippen LogP) is 1.95. The Morgan fingerprint density at radius 3 is 3.00 bits per heavy atom. The highest BCUT2D eigenvalue weighted by Gasteiger charge is 2.19. The molecule has 0 bridgehead atoms. The lowest BCUT2D eigenvalue weighted by Gasteiger charge is -2.15. The first kappa shape index (κ1) is 11.0. The van der Waals surface area contributed by atoms with Gasteiger partial charge in [-0.05, 0) is 32.1 Å². The SMILES string of the molecule is c1nc2c(c(NC3CCOC3)n1)CCCCC2. The van der Waals surface area contributed by atoms with Gasteiger partial charge in [-0.25, -0.2) is 9.97 Å². The zero-order valence-electron chi connectivity index (χ0n) is 10.1. The van der Waals surface area contributed by atoms with Crippen LogP contribution in [0.3, 0.4) is 0 Å². The minimum absolute atomic E-state index is 0.428. The van der Waals surface area contributed by atoms with E-state index in [-0.39, 0.29) is 0 Å². The molecular weight excluding hydrogens is 214 g/mol. The molecule has 1 aromatic heterocycles. The van der Waals surface area contributed by atoms with Gasteiger partial charge in [0.1, 0.15) is 12.1 Å². The lowest BCUT2D eigenvalue weighted by molar-refractivity contribution is 0.195. The number of hydrogen-bond donors (Lipinski definition) is 1. The van der Waals surface area contributed by atoms with Crippen LogP contribution in [0.15, 0.2) is 6.33 Å². The summed E-state index contributed by atoms with van der Waals surface area (Å²) in [6, 6.07) is 0.428. The van der Waals surface area contributed by atoms with Crippen LogP contribution in [0.25, 0.3) is 0 Å². The monoisotopic (exact) mass is 233 g/mol. The van der Waals surface area contributed by atoms with Gasteiger partial charge >= 0.3 is 0 Å². The van der Waals surface area contributed by atoms with E-state index in [0.29, 0.717) is 6.04 Å². The lowest BCUT2D eigenvalue weighted by atomic mass is 10.1. The second kappa shape index (κ2) is 5.00. The van der Waals surface area contributed by atoms with Crippen LogP contribution < -0.4 is 5.32 Å². The predicted molar refractivity (Wildman–Crippen MR) is 66.1 cm³/mol. The Hall–Kier alpha value is -1.16. The number of fused-ring (bicyclic) bond motifs is 1. The molecule has 1 aliphatic heterocycles. The van der Waals surface area contributed by atoms with E-state index in [1.807, 2.05) is 0 Å². The zero-order chi connectivity index (χ0) is 11.5. The molecule has 92 valence electrons. The molecule has 1 atom stereocenters. The summed E-state index contributed by atoms with van der Waals surface area (Å²) in [4.78, 5) is 8.85. The van der Waals surface area contributed by atoms with Gasteiger partial charge in [-0.3, -0.25) is 0 Å². The van der Waals surface area contributed by atoms with Crippen molar-refractivity contribution in [3.63, 3.8) is 0 Å². The third kappa shape index (κ3) is 2.41. The molecule has 4 heteroatoms. The Balaban J connectivity index is 1.82. The van der Waals surface area contributed by atoms with Crippen LogP contribution in [0.5, 0.6) is 0 Å².